The molecule has 0 aromatic heterocycles. The lowest BCUT2D eigenvalue weighted by atomic mass is 9.83. The van der Waals surface area contributed by atoms with Crippen molar-refractivity contribution < 1.29 is 9.53 Å². The Kier molecular flexibility index (Phi) is 4.72. The minimum Gasteiger partial charge on any atom is -0.381 e. The van der Waals surface area contributed by atoms with Crippen molar-refractivity contribution in [1.29, 1.82) is 0 Å². The van der Waals surface area contributed by atoms with Gasteiger partial charge in [0.15, 0.2) is 0 Å². The van der Waals surface area contributed by atoms with Crippen LogP contribution in [0.15, 0.2) is 30.3 Å². The predicted octanol–water partition coefficient (Wildman–Crippen LogP) is 2.25. The standard InChI is InChI=1S/C16H23NO2/c1-16(13-18,14-6-4-3-5-7-14)12-17(2)15-8-10-19-11-9-15/h3-7,13,15H,8-12H2,1-2H3. The Morgan fingerprint density at radius 1 is 1.32 bits per heavy atom. The van der Waals surface area contributed by atoms with E-state index in [1.807, 2.05) is 37.3 Å². The van der Waals surface area contributed by atoms with Gasteiger partial charge in [-0.25, -0.2) is 0 Å². The number of carbonyl (C=O) groups is 1. The van der Waals surface area contributed by atoms with Crippen LogP contribution in [0.5, 0.6) is 0 Å². The van der Waals surface area contributed by atoms with Gasteiger partial charge >= 0.3 is 0 Å². The van der Waals surface area contributed by atoms with Crippen molar-refractivity contribution in [2.45, 2.75) is 31.2 Å². The molecule has 0 bridgehead atoms. The van der Waals surface area contributed by atoms with E-state index in [2.05, 4.69) is 11.9 Å². The predicted molar refractivity (Wildman–Crippen MR) is 76.3 cm³/mol. The molecule has 1 unspecified atom stereocenters. The summed E-state index contributed by atoms with van der Waals surface area (Å²) in [7, 11) is 2.11. The molecule has 1 aliphatic rings. The summed E-state index contributed by atoms with van der Waals surface area (Å²) in [4.78, 5) is 13.9. The number of hydrogen-bond donors (Lipinski definition) is 0. The van der Waals surface area contributed by atoms with Gasteiger partial charge in [0.25, 0.3) is 0 Å². The van der Waals surface area contributed by atoms with E-state index in [-0.39, 0.29) is 0 Å². The molecule has 0 spiro atoms. The van der Waals surface area contributed by atoms with E-state index in [0.29, 0.717) is 6.04 Å². The molecule has 1 atom stereocenters. The second kappa shape index (κ2) is 6.31. The van der Waals surface area contributed by atoms with Crippen LogP contribution in [0.25, 0.3) is 0 Å². The fraction of sp³-hybridized carbons (Fsp3) is 0.562. The monoisotopic (exact) mass is 261 g/mol. The van der Waals surface area contributed by atoms with Crippen molar-refractivity contribution in [3.8, 4) is 0 Å². The Hall–Kier alpha value is -1.19. The summed E-state index contributed by atoms with van der Waals surface area (Å²) in [6.07, 6.45) is 3.19. The third kappa shape index (κ3) is 3.43. The fourth-order valence-corrected chi connectivity index (χ4v) is 2.79. The van der Waals surface area contributed by atoms with Crippen molar-refractivity contribution in [3.05, 3.63) is 35.9 Å². The Morgan fingerprint density at radius 3 is 2.53 bits per heavy atom. The molecule has 2 rings (SSSR count). The second-order valence-electron chi connectivity index (χ2n) is 5.66. The van der Waals surface area contributed by atoms with Gasteiger partial charge < -0.3 is 14.4 Å². The van der Waals surface area contributed by atoms with E-state index >= 15 is 0 Å². The van der Waals surface area contributed by atoms with Crippen LogP contribution in [0.4, 0.5) is 0 Å². The van der Waals surface area contributed by atoms with E-state index < -0.39 is 5.41 Å². The van der Waals surface area contributed by atoms with Crippen LogP contribution in [0.2, 0.25) is 0 Å². The van der Waals surface area contributed by atoms with Crippen molar-refractivity contribution >= 4 is 6.29 Å². The molecular formula is C16H23NO2. The van der Waals surface area contributed by atoms with Gasteiger partial charge in [0.05, 0.1) is 5.41 Å². The quantitative estimate of drug-likeness (QED) is 0.761. The zero-order chi connectivity index (χ0) is 13.7. The third-order valence-electron chi connectivity index (χ3n) is 4.09. The fourth-order valence-electron chi connectivity index (χ4n) is 2.79. The molecule has 3 heteroatoms. The van der Waals surface area contributed by atoms with Crippen molar-refractivity contribution in [2.24, 2.45) is 0 Å². The maximum absolute atomic E-state index is 11.6. The van der Waals surface area contributed by atoms with Gasteiger partial charge in [-0.05, 0) is 32.4 Å². The van der Waals surface area contributed by atoms with E-state index in [1.165, 1.54) is 0 Å². The number of hydrogen-bond acceptors (Lipinski definition) is 3. The summed E-state index contributed by atoms with van der Waals surface area (Å²) in [6, 6.07) is 10.6. The zero-order valence-electron chi connectivity index (χ0n) is 11.8. The minimum atomic E-state index is -0.436. The molecule has 3 nitrogen and oxygen atoms in total. The Balaban J connectivity index is 2.07. The molecule has 0 amide bonds. The van der Waals surface area contributed by atoms with E-state index in [9.17, 15) is 4.79 Å². The number of carbonyl (C=O) groups excluding carboxylic acids is 1. The van der Waals surface area contributed by atoms with Crippen molar-refractivity contribution in [2.75, 3.05) is 26.8 Å². The molecule has 1 saturated heterocycles. The molecule has 0 aliphatic carbocycles. The number of likely N-dealkylation sites (N-methyl/N-ethyl adjacent to an activating group) is 1. The zero-order valence-corrected chi connectivity index (χ0v) is 11.8. The van der Waals surface area contributed by atoms with E-state index in [0.717, 1.165) is 44.4 Å². The molecule has 104 valence electrons. The van der Waals surface area contributed by atoms with Crippen LogP contribution in [0.3, 0.4) is 0 Å². The minimum absolute atomic E-state index is 0.436. The highest BCUT2D eigenvalue weighted by molar-refractivity contribution is 5.68. The topological polar surface area (TPSA) is 29.5 Å². The lowest BCUT2D eigenvalue weighted by Crippen LogP contribution is -2.45. The number of aldehydes is 1. The molecule has 19 heavy (non-hydrogen) atoms. The highest BCUT2D eigenvalue weighted by Gasteiger charge is 2.30. The van der Waals surface area contributed by atoms with Gasteiger partial charge in [-0.2, -0.15) is 0 Å². The molecule has 1 aliphatic heterocycles. The first-order chi connectivity index (χ1) is 9.15. The molecule has 0 saturated carbocycles. The van der Waals surface area contributed by atoms with Crippen molar-refractivity contribution in [3.63, 3.8) is 0 Å². The van der Waals surface area contributed by atoms with Crippen LogP contribution in [-0.2, 0) is 14.9 Å². The van der Waals surface area contributed by atoms with Gasteiger partial charge in [0.1, 0.15) is 6.29 Å². The van der Waals surface area contributed by atoms with Crippen LogP contribution >= 0.6 is 0 Å². The SMILES string of the molecule is CN(CC(C)(C=O)c1ccccc1)C1CCOCC1. The maximum atomic E-state index is 11.6. The Morgan fingerprint density at radius 2 is 1.95 bits per heavy atom. The first kappa shape index (κ1) is 14.2. The second-order valence-corrected chi connectivity index (χ2v) is 5.66. The largest absolute Gasteiger partial charge is 0.381 e. The van der Waals surface area contributed by atoms with Crippen LogP contribution < -0.4 is 0 Å². The van der Waals surface area contributed by atoms with Gasteiger partial charge in [0.2, 0.25) is 0 Å². The molecule has 1 aromatic carbocycles. The Bertz CT molecular complexity index is 400. The van der Waals surface area contributed by atoms with Crippen LogP contribution in [-0.4, -0.2) is 44.0 Å². The van der Waals surface area contributed by atoms with Gasteiger partial charge in [-0.15, -0.1) is 0 Å². The summed E-state index contributed by atoms with van der Waals surface area (Å²) in [5, 5.41) is 0. The van der Waals surface area contributed by atoms with Crippen molar-refractivity contribution in [1.82, 2.24) is 4.90 Å². The van der Waals surface area contributed by atoms with Gasteiger partial charge in [-0.3, -0.25) is 0 Å². The summed E-state index contributed by atoms with van der Waals surface area (Å²) < 4.78 is 5.39. The first-order valence-corrected chi connectivity index (χ1v) is 6.95. The number of benzene rings is 1. The summed E-state index contributed by atoms with van der Waals surface area (Å²) in [5.41, 5.74) is 0.651. The average Bonchev–Trinajstić information content (AvgIpc) is 2.49. The van der Waals surface area contributed by atoms with Gasteiger partial charge in [-0.1, -0.05) is 30.3 Å². The molecular weight excluding hydrogens is 238 g/mol. The number of rotatable bonds is 5. The van der Waals surface area contributed by atoms with Gasteiger partial charge in [0, 0.05) is 25.8 Å². The first-order valence-electron chi connectivity index (χ1n) is 6.95. The molecule has 1 aromatic rings. The van der Waals surface area contributed by atoms with E-state index in [4.69, 9.17) is 4.74 Å². The van der Waals surface area contributed by atoms with Crippen LogP contribution in [0.1, 0.15) is 25.3 Å². The molecule has 0 N–H and O–H groups in total. The molecule has 0 radical (unpaired) electrons. The summed E-state index contributed by atoms with van der Waals surface area (Å²) in [6.45, 7) is 4.44. The third-order valence-corrected chi connectivity index (χ3v) is 4.09. The average molecular weight is 261 g/mol. The summed E-state index contributed by atoms with van der Waals surface area (Å²) >= 11 is 0. The Labute approximate surface area is 115 Å². The maximum Gasteiger partial charge on any atom is 0.131 e. The van der Waals surface area contributed by atoms with E-state index in [1.54, 1.807) is 0 Å². The normalized spacial score (nSPS) is 20.2. The molecule has 1 fully saturated rings. The summed E-state index contributed by atoms with van der Waals surface area (Å²) in [5.74, 6) is 0. The highest BCUT2D eigenvalue weighted by Crippen LogP contribution is 2.24. The van der Waals surface area contributed by atoms with Crippen LogP contribution in [0, 0.1) is 0 Å². The lowest BCUT2D eigenvalue weighted by molar-refractivity contribution is -0.113. The highest BCUT2D eigenvalue weighted by atomic mass is 16.5. The lowest BCUT2D eigenvalue weighted by Gasteiger charge is -2.36. The molecule has 1 heterocycles. The number of nitrogens with zero attached hydrogens (tertiary/aromatic N) is 1. The smallest absolute Gasteiger partial charge is 0.131 e. The number of ether oxygens (including phenoxy) is 1.